The number of benzene rings is 1. The first-order valence-corrected chi connectivity index (χ1v) is 8.17. The minimum atomic E-state index is -3.78. The molecular formula is C14H11ClN2O4S. The summed E-state index contributed by atoms with van der Waals surface area (Å²) in [6.07, 6.45) is 0. The van der Waals surface area contributed by atoms with Gasteiger partial charge in [0, 0.05) is 11.6 Å². The summed E-state index contributed by atoms with van der Waals surface area (Å²) < 4.78 is 36.4. The lowest BCUT2D eigenvalue weighted by Crippen LogP contribution is -2.22. The van der Waals surface area contributed by atoms with Crippen LogP contribution < -0.4 is 4.72 Å². The second-order valence-corrected chi connectivity index (χ2v) is 6.50. The van der Waals surface area contributed by atoms with Crippen LogP contribution in [0.1, 0.15) is 5.69 Å². The van der Waals surface area contributed by atoms with Gasteiger partial charge in [-0.1, -0.05) is 35.5 Å². The van der Waals surface area contributed by atoms with Gasteiger partial charge in [-0.15, -0.1) is 0 Å². The van der Waals surface area contributed by atoms with Crippen molar-refractivity contribution in [2.75, 3.05) is 0 Å². The number of halogens is 1. The lowest BCUT2D eigenvalue weighted by Gasteiger charge is -2.00. The van der Waals surface area contributed by atoms with Crippen LogP contribution in [0.2, 0.25) is 5.22 Å². The van der Waals surface area contributed by atoms with Crippen molar-refractivity contribution in [2.24, 2.45) is 0 Å². The number of hydrogen-bond donors (Lipinski definition) is 1. The number of rotatable bonds is 5. The first-order chi connectivity index (χ1) is 10.5. The summed E-state index contributed by atoms with van der Waals surface area (Å²) in [7, 11) is -3.78. The van der Waals surface area contributed by atoms with E-state index in [0.717, 1.165) is 5.56 Å². The van der Waals surface area contributed by atoms with Gasteiger partial charge in [0.15, 0.2) is 11.0 Å². The van der Waals surface area contributed by atoms with Crippen LogP contribution in [0.4, 0.5) is 0 Å². The lowest BCUT2D eigenvalue weighted by atomic mass is 10.2. The highest BCUT2D eigenvalue weighted by Gasteiger charge is 2.19. The monoisotopic (exact) mass is 338 g/mol. The first kappa shape index (κ1) is 14.8. The third-order valence-electron chi connectivity index (χ3n) is 2.87. The molecule has 0 saturated heterocycles. The highest BCUT2D eigenvalue weighted by Crippen LogP contribution is 2.21. The van der Waals surface area contributed by atoms with Crippen LogP contribution in [0.5, 0.6) is 0 Å². The molecule has 3 rings (SSSR count). The van der Waals surface area contributed by atoms with Crippen molar-refractivity contribution in [2.45, 2.75) is 11.6 Å². The Hall–Kier alpha value is -2.09. The van der Waals surface area contributed by atoms with Crippen LogP contribution in [-0.2, 0) is 16.6 Å². The van der Waals surface area contributed by atoms with Gasteiger partial charge in [-0.3, -0.25) is 0 Å². The van der Waals surface area contributed by atoms with Crippen LogP contribution in [-0.4, -0.2) is 13.6 Å². The Labute approximate surface area is 131 Å². The molecule has 0 amide bonds. The van der Waals surface area contributed by atoms with E-state index in [1.165, 1.54) is 12.1 Å². The number of furan rings is 1. The molecule has 8 heteroatoms. The Kier molecular flexibility index (Phi) is 4.02. The third-order valence-corrected chi connectivity index (χ3v) is 4.35. The Morgan fingerprint density at radius 2 is 1.91 bits per heavy atom. The molecule has 0 aliphatic rings. The maximum Gasteiger partial charge on any atom is 0.274 e. The van der Waals surface area contributed by atoms with E-state index in [2.05, 4.69) is 9.88 Å². The number of aromatic nitrogens is 1. The van der Waals surface area contributed by atoms with Gasteiger partial charge in [0.1, 0.15) is 0 Å². The van der Waals surface area contributed by atoms with Crippen molar-refractivity contribution < 1.29 is 17.4 Å². The fraction of sp³-hybridized carbons (Fsp3) is 0.0714. The predicted molar refractivity (Wildman–Crippen MR) is 79.7 cm³/mol. The van der Waals surface area contributed by atoms with Crippen LogP contribution in [0.3, 0.4) is 0 Å². The molecule has 0 fully saturated rings. The van der Waals surface area contributed by atoms with E-state index in [4.69, 9.17) is 20.5 Å². The first-order valence-electron chi connectivity index (χ1n) is 6.30. The van der Waals surface area contributed by atoms with E-state index in [1.54, 1.807) is 6.07 Å². The molecule has 0 radical (unpaired) electrons. The van der Waals surface area contributed by atoms with Gasteiger partial charge in [-0.2, -0.15) is 0 Å². The molecule has 114 valence electrons. The Morgan fingerprint density at radius 1 is 1.14 bits per heavy atom. The average molecular weight is 339 g/mol. The number of nitrogens with zero attached hydrogens (tertiary/aromatic N) is 1. The van der Waals surface area contributed by atoms with Gasteiger partial charge in [0.05, 0.1) is 12.2 Å². The van der Waals surface area contributed by atoms with Crippen molar-refractivity contribution in [3.05, 3.63) is 59.4 Å². The van der Waals surface area contributed by atoms with Gasteiger partial charge < -0.3 is 8.94 Å². The molecule has 0 bridgehead atoms. The van der Waals surface area contributed by atoms with Crippen molar-refractivity contribution in [3.63, 3.8) is 0 Å². The predicted octanol–water partition coefficient (Wildman–Crippen LogP) is 3.07. The normalized spacial score (nSPS) is 11.7. The molecule has 2 heterocycles. The van der Waals surface area contributed by atoms with E-state index in [0.29, 0.717) is 11.5 Å². The van der Waals surface area contributed by atoms with Crippen LogP contribution >= 0.6 is 11.6 Å². The zero-order chi connectivity index (χ0) is 15.6. The minimum absolute atomic E-state index is 0.00757. The molecule has 0 unspecified atom stereocenters. The van der Waals surface area contributed by atoms with Crippen molar-refractivity contribution in [3.8, 4) is 11.3 Å². The average Bonchev–Trinajstić information content (AvgIpc) is 3.15. The molecule has 6 nitrogen and oxygen atoms in total. The number of nitrogens with one attached hydrogen (secondary N) is 1. The van der Waals surface area contributed by atoms with E-state index in [1.807, 2.05) is 30.3 Å². The lowest BCUT2D eigenvalue weighted by molar-refractivity contribution is 0.421. The molecule has 0 aliphatic carbocycles. The highest BCUT2D eigenvalue weighted by molar-refractivity contribution is 7.89. The van der Waals surface area contributed by atoms with Gasteiger partial charge in [0.2, 0.25) is 5.09 Å². The maximum atomic E-state index is 12.0. The Bertz CT molecular complexity index is 871. The Balaban J connectivity index is 1.71. The van der Waals surface area contributed by atoms with Gasteiger partial charge in [-0.05, 0) is 23.7 Å². The largest absolute Gasteiger partial charge is 0.432 e. The summed E-state index contributed by atoms with van der Waals surface area (Å²) >= 11 is 5.57. The summed E-state index contributed by atoms with van der Waals surface area (Å²) in [5, 5.41) is 3.60. The molecule has 2 aromatic heterocycles. The molecule has 22 heavy (non-hydrogen) atoms. The van der Waals surface area contributed by atoms with Crippen molar-refractivity contribution in [1.82, 2.24) is 9.88 Å². The topological polar surface area (TPSA) is 85.3 Å². The molecule has 0 saturated carbocycles. The maximum absolute atomic E-state index is 12.0. The molecule has 0 aliphatic heterocycles. The molecule has 0 atom stereocenters. The van der Waals surface area contributed by atoms with Gasteiger partial charge in [-0.25, -0.2) is 13.1 Å². The standard InChI is InChI=1S/C14H11ClN2O4S/c15-13-6-7-14(20-13)22(18,19)16-9-11-8-12(21-17-11)10-4-2-1-3-5-10/h1-8,16H,9H2. The quantitative estimate of drug-likeness (QED) is 0.772. The SMILES string of the molecule is O=S(=O)(NCc1cc(-c2ccccc2)on1)c1ccc(Cl)o1. The van der Waals surface area contributed by atoms with Crippen LogP contribution in [0, 0.1) is 0 Å². The van der Waals surface area contributed by atoms with E-state index < -0.39 is 10.0 Å². The second-order valence-electron chi connectivity index (χ2n) is 4.43. The summed E-state index contributed by atoms with van der Waals surface area (Å²) in [6, 6.07) is 13.7. The fourth-order valence-corrected chi connectivity index (χ4v) is 2.93. The van der Waals surface area contributed by atoms with Crippen molar-refractivity contribution in [1.29, 1.82) is 0 Å². The Morgan fingerprint density at radius 3 is 2.59 bits per heavy atom. The molecule has 1 aromatic carbocycles. The van der Waals surface area contributed by atoms with E-state index in [-0.39, 0.29) is 16.9 Å². The third kappa shape index (κ3) is 3.22. The highest BCUT2D eigenvalue weighted by atomic mass is 35.5. The molecular weight excluding hydrogens is 328 g/mol. The summed E-state index contributed by atoms with van der Waals surface area (Å²) in [5.41, 5.74) is 1.32. The minimum Gasteiger partial charge on any atom is -0.432 e. The second kappa shape index (κ2) is 5.96. The zero-order valence-corrected chi connectivity index (χ0v) is 12.8. The van der Waals surface area contributed by atoms with E-state index in [9.17, 15) is 8.42 Å². The van der Waals surface area contributed by atoms with Crippen LogP contribution in [0.25, 0.3) is 11.3 Å². The summed E-state index contributed by atoms with van der Waals surface area (Å²) in [6.45, 7) is -0.0169. The number of hydrogen-bond acceptors (Lipinski definition) is 5. The number of sulfonamides is 1. The zero-order valence-electron chi connectivity index (χ0n) is 11.2. The molecule has 1 N–H and O–H groups in total. The van der Waals surface area contributed by atoms with Crippen molar-refractivity contribution >= 4 is 21.6 Å². The molecule has 0 spiro atoms. The van der Waals surface area contributed by atoms with E-state index >= 15 is 0 Å². The smallest absolute Gasteiger partial charge is 0.274 e. The summed E-state index contributed by atoms with van der Waals surface area (Å²) in [5.74, 6) is 0.566. The molecule has 3 aromatic rings. The fourth-order valence-electron chi connectivity index (χ4n) is 1.82. The summed E-state index contributed by atoms with van der Waals surface area (Å²) in [4.78, 5) is 0. The van der Waals surface area contributed by atoms with Gasteiger partial charge in [0.25, 0.3) is 10.0 Å². The van der Waals surface area contributed by atoms with Crippen LogP contribution in [0.15, 0.2) is 62.6 Å². The van der Waals surface area contributed by atoms with Gasteiger partial charge >= 0.3 is 0 Å².